The van der Waals surface area contributed by atoms with Crippen LogP contribution < -0.4 is 10.2 Å². The van der Waals surface area contributed by atoms with Crippen LogP contribution in [-0.2, 0) is 4.79 Å². The lowest BCUT2D eigenvalue weighted by molar-refractivity contribution is -0.135. The topological polar surface area (TPSA) is 76.1 Å². The van der Waals surface area contributed by atoms with Gasteiger partial charge in [-0.05, 0) is 30.9 Å². The van der Waals surface area contributed by atoms with Gasteiger partial charge in [-0.25, -0.2) is 9.69 Å². The molecule has 2 aliphatic heterocycles. The van der Waals surface area contributed by atoms with Crippen molar-refractivity contribution in [3.05, 3.63) is 24.3 Å². The first kappa shape index (κ1) is 18.1. The molecule has 1 aliphatic carbocycles. The molecule has 3 amide bonds. The van der Waals surface area contributed by atoms with Crippen molar-refractivity contribution in [3.8, 4) is 5.75 Å². The zero-order chi connectivity index (χ0) is 19.0. The number of rotatable bonds is 3. The zero-order valence-corrected chi connectivity index (χ0v) is 15.9. The van der Waals surface area contributed by atoms with E-state index in [2.05, 4.69) is 22.0 Å². The average molecular weight is 372 g/mol. The van der Waals surface area contributed by atoms with E-state index in [-0.39, 0.29) is 23.6 Å². The van der Waals surface area contributed by atoms with Gasteiger partial charge in [0.05, 0.1) is 12.4 Å². The predicted molar refractivity (Wildman–Crippen MR) is 103 cm³/mol. The highest BCUT2D eigenvalue weighted by Gasteiger charge is 2.55. The lowest BCUT2D eigenvalue weighted by Gasteiger charge is -2.38. The average Bonchev–Trinajstić information content (AvgIpc) is 2.90. The fourth-order valence-electron chi connectivity index (χ4n) is 4.69. The van der Waals surface area contributed by atoms with Gasteiger partial charge in [-0.2, -0.15) is 0 Å². The van der Waals surface area contributed by atoms with Gasteiger partial charge in [0, 0.05) is 26.2 Å². The summed E-state index contributed by atoms with van der Waals surface area (Å²) in [5.74, 6) is 0.418. The first-order chi connectivity index (χ1) is 13.0. The van der Waals surface area contributed by atoms with Crippen LogP contribution in [0.1, 0.15) is 32.6 Å². The van der Waals surface area contributed by atoms with Crippen molar-refractivity contribution in [2.45, 2.75) is 38.1 Å². The molecule has 146 valence electrons. The number of anilines is 1. The monoisotopic (exact) mass is 372 g/mol. The van der Waals surface area contributed by atoms with Gasteiger partial charge < -0.3 is 15.3 Å². The van der Waals surface area contributed by atoms with Crippen molar-refractivity contribution in [2.75, 3.05) is 37.7 Å². The number of piperazine rings is 1. The van der Waals surface area contributed by atoms with Crippen molar-refractivity contribution < 1.29 is 14.7 Å². The summed E-state index contributed by atoms with van der Waals surface area (Å²) in [6.45, 7) is 5.41. The highest BCUT2D eigenvalue weighted by Crippen LogP contribution is 2.38. The highest BCUT2D eigenvalue weighted by molar-refractivity contribution is 6.07. The standard InChI is InChI=1S/C20H28N4O3/c1-15-6-4-5-9-20(15)18(26)24(19(27)21-20)14-22-10-12-23(13-11-22)16-7-2-3-8-17(16)25/h2-3,7-8,15,25H,4-6,9-14H2,1H3,(H,21,27). The maximum Gasteiger partial charge on any atom is 0.326 e. The van der Waals surface area contributed by atoms with Crippen LogP contribution in [-0.4, -0.2) is 65.2 Å². The second-order valence-electron chi connectivity index (χ2n) is 8.02. The van der Waals surface area contributed by atoms with Gasteiger partial charge >= 0.3 is 6.03 Å². The summed E-state index contributed by atoms with van der Waals surface area (Å²) in [5.41, 5.74) is 0.148. The van der Waals surface area contributed by atoms with Crippen LogP contribution in [0.4, 0.5) is 10.5 Å². The number of phenolic OH excluding ortho intramolecular Hbond substituents is 1. The van der Waals surface area contributed by atoms with E-state index >= 15 is 0 Å². The smallest absolute Gasteiger partial charge is 0.326 e. The Balaban J connectivity index is 1.38. The van der Waals surface area contributed by atoms with Gasteiger partial charge in [0.15, 0.2) is 0 Å². The number of urea groups is 1. The van der Waals surface area contributed by atoms with Gasteiger partial charge in [-0.3, -0.25) is 9.69 Å². The van der Waals surface area contributed by atoms with Gasteiger partial charge in [0.2, 0.25) is 0 Å². The summed E-state index contributed by atoms with van der Waals surface area (Å²) < 4.78 is 0. The molecule has 1 aromatic carbocycles. The zero-order valence-electron chi connectivity index (χ0n) is 15.9. The van der Waals surface area contributed by atoms with Crippen LogP contribution in [0, 0.1) is 5.92 Å². The molecule has 0 radical (unpaired) electrons. The van der Waals surface area contributed by atoms with Crippen molar-refractivity contribution >= 4 is 17.6 Å². The Hall–Kier alpha value is -2.28. The lowest BCUT2D eigenvalue weighted by atomic mass is 9.73. The lowest BCUT2D eigenvalue weighted by Crippen LogP contribution is -2.55. The normalized spacial score (nSPS) is 29.4. The van der Waals surface area contributed by atoms with E-state index in [0.29, 0.717) is 6.67 Å². The molecule has 1 spiro atoms. The fraction of sp³-hybridized carbons (Fsp3) is 0.600. The van der Waals surface area contributed by atoms with Crippen LogP contribution in [0.25, 0.3) is 0 Å². The fourth-order valence-corrected chi connectivity index (χ4v) is 4.69. The SMILES string of the molecule is CC1CCCCC12NC(=O)N(CN1CCN(c3ccccc3O)CC1)C2=O. The molecule has 2 saturated heterocycles. The largest absolute Gasteiger partial charge is 0.506 e. The van der Waals surface area contributed by atoms with Crippen LogP contribution in [0.5, 0.6) is 5.75 Å². The molecule has 2 N–H and O–H groups in total. The minimum Gasteiger partial charge on any atom is -0.506 e. The van der Waals surface area contributed by atoms with Crippen LogP contribution in [0.15, 0.2) is 24.3 Å². The quantitative estimate of drug-likeness (QED) is 0.794. The van der Waals surface area contributed by atoms with E-state index in [1.165, 1.54) is 4.90 Å². The number of hydrogen-bond donors (Lipinski definition) is 2. The highest BCUT2D eigenvalue weighted by atomic mass is 16.3. The van der Waals surface area contributed by atoms with Gasteiger partial charge in [0.25, 0.3) is 5.91 Å². The maximum absolute atomic E-state index is 13.1. The van der Waals surface area contributed by atoms with Crippen molar-refractivity contribution in [1.82, 2.24) is 15.1 Å². The Kier molecular flexibility index (Phi) is 4.72. The number of nitrogens with one attached hydrogen (secondary N) is 1. The van der Waals surface area contributed by atoms with Crippen molar-refractivity contribution in [1.29, 1.82) is 0 Å². The number of amides is 3. The van der Waals surface area contributed by atoms with E-state index in [9.17, 15) is 14.7 Å². The molecule has 7 nitrogen and oxygen atoms in total. The molecule has 0 aromatic heterocycles. The summed E-state index contributed by atoms with van der Waals surface area (Å²) >= 11 is 0. The molecular formula is C20H28N4O3. The van der Waals surface area contributed by atoms with E-state index in [0.717, 1.165) is 57.5 Å². The van der Waals surface area contributed by atoms with Crippen molar-refractivity contribution in [2.24, 2.45) is 5.92 Å². The number of carbonyl (C=O) groups is 2. The molecule has 2 heterocycles. The first-order valence-corrected chi connectivity index (χ1v) is 9.91. The maximum atomic E-state index is 13.1. The summed E-state index contributed by atoms with van der Waals surface area (Å²) in [6.07, 6.45) is 3.85. The number of benzene rings is 1. The van der Waals surface area contributed by atoms with Gasteiger partial charge in [-0.15, -0.1) is 0 Å². The van der Waals surface area contributed by atoms with E-state index in [1.54, 1.807) is 6.07 Å². The minimum atomic E-state index is -0.688. The number of aromatic hydroxyl groups is 1. The second kappa shape index (κ2) is 7.03. The van der Waals surface area contributed by atoms with Crippen LogP contribution in [0.3, 0.4) is 0 Å². The minimum absolute atomic E-state index is 0.0529. The third-order valence-electron chi connectivity index (χ3n) is 6.44. The molecular weight excluding hydrogens is 344 g/mol. The molecule has 27 heavy (non-hydrogen) atoms. The summed E-state index contributed by atoms with van der Waals surface area (Å²) in [5, 5.41) is 13.1. The molecule has 2 atom stereocenters. The van der Waals surface area contributed by atoms with Gasteiger partial charge in [0.1, 0.15) is 11.3 Å². The Morgan fingerprint density at radius 2 is 1.89 bits per heavy atom. The summed E-state index contributed by atoms with van der Waals surface area (Å²) in [6, 6.07) is 7.09. The number of para-hydroxylation sites is 2. The van der Waals surface area contributed by atoms with E-state index in [1.807, 2.05) is 18.2 Å². The molecule has 3 aliphatic rings. The van der Waals surface area contributed by atoms with Gasteiger partial charge in [-0.1, -0.05) is 31.9 Å². The number of phenols is 1. The number of nitrogens with zero attached hydrogens (tertiary/aromatic N) is 3. The molecule has 1 saturated carbocycles. The Labute approximate surface area is 159 Å². The van der Waals surface area contributed by atoms with Crippen molar-refractivity contribution in [3.63, 3.8) is 0 Å². The second-order valence-corrected chi connectivity index (χ2v) is 8.02. The van der Waals surface area contributed by atoms with Crippen LogP contribution >= 0.6 is 0 Å². The Bertz CT molecular complexity index is 732. The van der Waals surface area contributed by atoms with Crippen LogP contribution in [0.2, 0.25) is 0 Å². The first-order valence-electron chi connectivity index (χ1n) is 9.91. The molecule has 0 bridgehead atoms. The third kappa shape index (κ3) is 3.14. The molecule has 3 fully saturated rings. The third-order valence-corrected chi connectivity index (χ3v) is 6.44. The Morgan fingerprint density at radius 3 is 2.59 bits per heavy atom. The van der Waals surface area contributed by atoms with E-state index < -0.39 is 5.54 Å². The molecule has 4 rings (SSSR count). The predicted octanol–water partition coefficient (Wildman–Crippen LogP) is 1.97. The summed E-state index contributed by atoms with van der Waals surface area (Å²) in [7, 11) is 0. The molecule has 7 heteroatoms. The summed E-state index contributed by atoms with van der Waals surface area (Å²) in [4.78, 5) is 31.3. The Morgan fingerprint density at radius 1 is 1.15 bits per heavy atom. The number of imide groups is 1. The molecule has 1 aromatic rings. The van der Waals surface area contributed by atoms with E-state index in [4.69, 9.17) is 0 Å². The number of carbonyl (C=O) groups excluding carboxylic acids is 2. The number of hydrogen-bond acceptors (Lipinski definition) is 5. The molecule has 2 unspecified atom stereocenters.